The topological polar surface area (TPSA) is 60.4 Å². The zero-order valence-electron chi connectivity index (χ0n) is 11.7. The second-order valence-corrected chi connectivity index (χ2v) is 4.72. The van der Waals surface area contributed by atoms with Gasteiger partial charge < -0.3 is 4.57 Å². The Kier molecular flexibility index (Phi) is 3.78. The van der Waals surface area contributed by atoms with Gasteiger partial charge in [0.25, 0.3) is 5.69 Å². The molecule has 0 saturated carbocycles. The molecule has 0 fully saturated rings. The largest absolute Gasteiger partial charge is 0.323 e. The molecule has 2 aromatic carbocycles. The average Bonchev–Trinajstić information content (AvgIpc) is 3.03. The van der Waals surface area contributed by atoms with Gasteiger partial charge in [0.2, 0.25) is 0 Å². The molecule has 3 rings (SSSR count). The first-order valence-electron chi connectivity index (χ1n) is 6.74. The van der Waals surface area contributed by atoms with Crippen LogP contribution in [0.4, 0.5) is 11.4 Å². The van der Waals surface area contributed by atoms with Gasteiger partial charge in [0.1, 0.15) is 0 Å². The summed E-state index contributed by atoms with van der Waals surface area (Å²) in [5, 5.41) is 10.6. The third-order valence-electron chi connectivity index (χ3n) is 3.19. The number of nitro benzene ring substituents is 1. The summed E-state index contributed by atoms with van der Waals surface area (Å²) in [4.78, 5) is 14.5. The molecular formula is C17H13N3O2. The monoisotopic (exact) mass is 291 g/mol. The molecule has 0 atom stereocenters. The molecule has 3 aromatic rings. The summed E-state index contributed by atoms with van der Waals surface area (Å²) >= 11 is 0. The van der Waals surface area contributed by atoms with Gasteiger partial charge in [-0.1, -0.05) is 18.2 Å². The molecule has 0 aliphatic rings. The highest BCUT2D eigenvalue weighted by Crippen LogP contribution is 2.18. The standard InChI is InChI=1S/C17H13N3O2/c21-20(22)17-8-6-15(7-9-17)18-12-14-10-11-19(13-14)16-4-2-1-3-5-16/h1-13H. The van der Waals surface area contributed by atoms with Gasteiger partial charge in [-0.3, -0.25) is 15.1 Å². The van der Waals surface area contributed by atoms with E-state index < -0.39 is 4.92 Å². The van der Waals surface area contributed by atoms with Crippen LogP contribution in [0.2, 0.25) is 0 Å². The van der Waals surface area contributed by atoms with E-state index in [2.05, 4.69) is 4.99 Å². The number of nitrogens with zero attached hydrogens (tertiary/aromatic N) is 3. The average molecular weight is 291 g/mol. The van der Waals surface area contributed by atoms with Crippen LogP contribution in [0.5, 0.6) is 0 Å². The molecule has 0 aliphatic carbocycles. The molecule has 0 aliphatic heterocycles. The van der Waals surface area contributed by atoms with Gasteiger partial charge >= 0.3 is 0 Å². The Hall–Kier alpha value is -3.21. The maximum atomic E-state index is 10.6. The van der Waals surface area contributed by atoms with Gasteiger partial charge in [-0.25, -0.2) is 0 Å². The zero-order valence-corrected chi connectivity index (χ0v) is 11.7. The number of para-hydroxylation sites is 1. The SMILES string of the molecule is O=[N+]([O-])c1ccc(N=Cc2ccn(-c3ccccc3)c2)cc1. The number of benzene rings is 2. The highest BCUT2D eigenvalue weighted by Gasteiger charge is 2.03. The molecule has 1 aromatic heterocycles. The molecular weight excluding hydrogens is 278 g/mol. The fourth-order valence-electron chi connectivity index (χ4n) is 2.06. The minimum absolute atomic E-state index is 0.0641. The van der Waals surface area contributed by atoms with Gasteiger partial charge in [0.15, 0.2) is 0 Å². The maximum absolute atomic E-state index is 10.6. The molecule has 0 N–H and O–H groups in total. The van der Waals surface area contributed by atoms with Crippen LogP contribution in [-0.2, 0) is 0 Å². The number of hydrogen-bond donors (Lipinski definition) is 0. The van der Waals surface area contributed by atoms with Crippen molar-refractivity contribution in [2.24, 2.45) is 4.99 Å². The molecule has 108 valence electrons. The summed E-state index contributed by atoms with van der Waals surface area (Å²) in [6.07, 6.45) is 5.68. The van der Waals surface area contributed by atoms with Crippen molar-refractivity contribution in [3.8, 4) is 5.69 Å². The van der Waals surface area contributed by atoms with E-state index in [0.717, 1.165) is 11.3 Å². The first kappa shape index (κ1) is 13.8. The van der Waals surface area contributed by atoms with Gasteiger partial charge in [-0.15, -0.1) is 0 Å². The van der Waals surface area contributed by atoms with E-state index >= 15 is 0 Å². The van der Waals surface area contributed by atoms with E-state index in [1.54, 1.807) is 18.3 Å². The minimum atomic E-state index is -0.423. The normalized spacial score (nSPS) is 10.9. The quantitative estimate of drug-likeness (QED) is 0.412. The molecule has 5 heteroatoms. The second-order valence-electron chi connectivity index (χ2n) is 4.72. The van der Waals surface area contributed by atoms with Crippen LogP contribution in [0.15, 0.2) is 78.0 Å². The van der Waals surface area contributed by atoms with Gasteiger partial charge in [0, 0.05) is 42.0 Å². The number of hydrogen-bond acceptors (Lipinski definition) is 3. The van der Waals surface area contributed by atoms with Crippen LogP contribution in [0.25, 0.3) is 5.69 Å². The van der Waals surface area contributed by atoms with E-state index in [1.165, 1.54) is 12.1 Å². The number of nitro groups is 1. The number of non-ortho nitro benzene ring substituents is 1. The third kappa shape index (κ3) is 3.09. The number of rotatable bonds is 4. The lowest BCUT2D eigenvalue weighted by atomic mass is 10.3. The molecule has 0 spiro atoms. The Morgan fingerprint density at radius 3 is 2.41 bits per heavy atom. The van der Waals surface area contributed by atoms with E-state index in [1.807, 2.05) is 53.4 Å². The van der Waals surface area contributed by atoms with Crippen molar-refractivity contribution in [3.63, 3.8) is 0 Å². The Morgan fingerprint density at radius 2 is 1.73 bits per heavy atom. The summed E-state index contributed by atoms with van der Waals surface area (Å²) in [7, 11) is 0. The van der Waals surface area contributed by atoms with E-state index in [9.17, 15) is 10.1 Å². The van der Waals surface area contributed by atoms with Crippen LogP contribution in [0.1, 0.15) is 5.56 Å². The van der Waals surface area contributed by atoms with E-state index in [4.69, 9.17) is 0 Å². The van der Waals surface area contributed by atoms with Crippen molar-refractivity contribution in [3.05, 3.63) is 88.7 Å². The summed E-state index contributed by atoms with van der Waals surface area (Å²) in [6, 6.07) is 18.1. The Labute approximate surface area is 127 Å². The Bertz CT molecular complexity index is 805. The van der Waals surface area contributed by atoms with Crippen LogP contribution in [-0.4, -0.2) is 15.7 Å². The summed E-state index contributed by atoms with van der Waals surface area (Å²) < 4.78 is 2.01. The second kappa shape index (κ2) is 6.05. The molecule has 5 nitrogen and oxygen atoms in total. The van der Waals surface area contributed by atoms with Crippen LogP contribution in [0, 0.1) is 10.1 Å². The van der Waals surface area contributed by atoms with Gasteiger partial charge in [-0.2, -0.15) is 0 Å². The minimum Gasteiger partial charge on any atom is -0.323 e. The van der Waals surface area contributed by atoms with Crippen LogP contribution in [0.3, 0.4) is 0 Å². The summed E-state index contributed by atoms with van der Waals surface area (Å²) in [5.74, 6) is 0. The fraction of sp³-hybridized carbons (Fsp3) is 0. The predicted molar refractivity (Wildman–Crippen MR) is 86.1 cm³/mol. The molecule has 0 unspecified atom stereocenters. The van der Waals surface area contributed by atoms with Gasteiger partial charge in [-0.05, 0) is 30.3 Å². The Balaban J connectivity index is 1.76. The van der Waals surface area contributed by atoms with E-state index in [-0.39, 0.29) is 5.69 Å². The highest BCUT2D eigenvalue weighted by molar-refractivity contribution is 5.81. The lowest BCUT2D eigenvalue weighted by molar-refractivity contribution is -0.384. The molecule has 0 amide bonds. The molecule has 22 heavy (non-hydrogen) atoms. The van der Waals surface area contributed by atoms with E-state index in [0.29, 0.717) is 5.69 Å². The molecule has 0 bridgehead atoms. The lowest BCUT2D eigenvalue weighted by Crippen LogP contribution is -1.88. The smallest absolute Gasteiger partial charge is 0.269 e. The molecule has 0 saturated heterocycles. The summed E-state index contributed by atoms with van der Waals surface area (Å²) in [6.45, 7) is 0. The van der Waals surface area contributed by atoms with Gasteiger partial charge in [0.05, 0.1) is 10.6 Å². The summed E-state index contributed by atoms with van der Waals surface area (Å²) in [5.41, 5.74) is 2.78. The first-order valence-corrected chi connectivity index (χ1v) is 6.74. The third-order valence-corrected chi connectivity index (χ3v) is 3.19. The maximum Gasteiger partial charge on any atom is 0.269 e. The first-order chi connectivity index (χ1) is 10.7. The van der Waals surface area contributed by atoms with Crippen LogP contribution >= 0.6 is 0 Å². The lowest BCUT2D eigenvalue weighted by Gasteiger charge is -2.00. The molecule has 1 heterocycles. The van der Waals surface area contributed by atoms with Crippen LogP contribution < -0.4 is 0 Å². The van der Waals surface area contributed by atoms with Crippen molar-refractivity contribution < 1.29 is 4.92 Å². The number of aliphatic imine (C=N–C) groups is 1. The zero-order chi connectivity index (χ0) is 15.4. The van der Waals surface area contributed by atoms with Crippen molar-refractivity contribution in [1.29, 1.82) is 0 Å². The Morgan fingerprint density at radius 1 is 1.00 bits per heavy atom. The molecule has 0 radical (unpaired) electrons. The van der Waals surface area contributed by atoms with Crippen molar-refractivity contribution in [2.75, 3.05) is 0 Å². The van der Waals surface area contributed by atoms with Crippen molar-refractivity contribution >= 4 is 17.6 Å². The van der Waals surface area contributed by atoms with Crippen molar-refractivity contribution in [2.45, 2.75) is 0 Å². The number of aromatic nitrogens is 1. The fourth-order valence-corrected chi connectivity index (χ4v) is 2.06. The van der Waals surface area contributed by atoms with Crippen molar-refractivity contribution in [1.82, 2.24) is 4.57 Å². The predicted octanol–water partition coefficient (Wildman–Crippen LogP) is 4.14. The highest BCUT2D eigenvalue weighted by atomic mass is 16.6.